The number of carbonyl (C=O) groups is 2. The van der Waals surface area contributed by atoms with Crippen LogP contribution < -0.4 is 5.32 Å². The number of rotatable bonds is 6. The topological polar surface area (TPSA) is 82.5 Å². The lowest BCUT2D eigenvalue weighted by molar-refractivity contribution is -0.143. The number of aliphatic hydroxyl groups excluding tert-OH is 1. The van der Waals surface area contributed by atoms with Crippen molar-refractivity contribution in [1.29, 1.82) is 0 Å². The highest BCUT2D eigenvalue weighted by atomic mass is 32.1. The first kappa shape index (κ1) is 22.5. The molecule has 6 nitrogen and oxygen atoms in total. The number of amides is 2. The second kappa shape index (κ2) is 8.32. The number of aliphatic hydroxyl groups is 1. The van der Waals surface area contributed by atoms with Crippen LogP contribution in [0.25, 0.3) is 0 Å². The fraction of sp³-hybridized carbons (Fsp3) is 0.708. The van der Waals surface area contributed by atoms with Gasteiger partial charge in [0.15, 0.2) is 5.13 Å². The molecule has 2 fully saturated rings. The molecule has 170 valence electrons. The Morgan fingerprint density at radius 1 is 1.42 bits per heavy atom. The van der Waals surface area contributed by atoms with Crippen molar-refractivity contribution in [2.75, 3.05) is 18.9 Å². The van der Waals surface area contributed by atoms with Crippen LogP contribution in [0.5, 0.6) is 0 Å². The van der Waals surface area contributed by atoms with Gasteiger partial charge in [-0.15, -0.1) is 17.9 Å². The largest absolute Gasteiger partial charge is 0.392 e. The molecule has 0 bridgehead atoms. The molecule has 2 N–H and O–H groups in total. The van der Waals surface area contributed by atoms with Gasteiger partial charge in [-0.1, -0.05) is 26.8 Å². The molecule has 7 heteroatoms. The Labute approximate surface area is 189 Å². The number of nitrogens with zero attached hydrogens (tertiary/aromatic N) is 2. The molecule has 0 aliphatic heterocycles. The maximum atomic E-state index is 12.9. The predicted octanol–water partition coefficient (Wildman–Crippen LogP) is 3.83. The van der Waals surface area contributed by atoms with Crippen molar-refractivity contribution in [3.63, 3.8) is 0 Å². The number of hydrogen-bond acceptors (Lipinski definition) is 5. The highest BCUT2D eigenvalue weighted by molar-refractivity contribution is 7.15. The molecule has 2 amide bonds. The first-order valence-electron chi connectivity index (χ1n) is 11.5. The molecule has 0 saturated heterocycles. The molecule has 3 aliphatic carbocycles. The molecular formula is C24H35N3O3S. The Bertz CT molecular complexity index is 879. The Hall–Kier alpha value is -1.73. The van der Waals surface area contributed by atoms with E-state index >= 15 is 0 Å². The lowest BCUT2D eigenvalue weighted by Crippen LogP contribution is -2.53. The predicted molar refractivity (Wildman–Crippen MR) is 123 cm³/mol. The average molecular weight is 446 g/mol. The Balaban J connectivity index is 1.54. The number of anilines is 1. The molecule has 4 rings (SSSR count). The van der Waals surface area contributed by atoms with Gasteiger partial charge in [0.1, 0.15) is 0 Å². The third-order valence-corrected chi connectivity index (χ3v) is 8.90. The van der Waals surface area contributed by atoms with Gasteiger partial charge in [-0.3, -0.25) is 9.59 Å². The van der Waals surface area contributed by atoms with E-state index in [9.17, 15) is 14.7 Å². The van der Waals surface area contributed by atoms with E-state index in [0.717, 1.165) is 37.8 Å². The second-order valence-corrected chi connectivity index (χ2v) is 11.3. The molecule has 2 saturated carbocycles. The number of nitrogens with one attached hydrogen (secondary N) is 1. The summed E-state index contributed by atoms with van der Waals surface area (Å²) in [5.41, 5.74) is 0.989. The zero-order valence-corrected chi connectivity index (χ0v) is 19.9. The fourth-order valence-electron chi connectivity index (χ4n) is 5.97. The average Bonchev–Trinajstić information content (AvgIpc) is 3.49. The number of hydrogen-bond donors (Lipinski definition) is 2. The van der Waals surface area contributed by atoms with Crippen molar-refractivity contribution in [2.24, 2.45) is 29.1 Å². The van der Waals surface area contributed by atoms with Crippen LogP contribution in [0.2, 0.25) is 0 Å². The van der Waals surface area contributed by atoms with Crippen LogP contribution in [0, 0.1) is 29.1 Å². The lowest BCUT2D eigenvalue weighted by atomic mass is 9.53. The van der Waals surface area contributed by atoms with Gasteiger partial charge in [0.2, 0.25) is 11.8 Å². The standard InChI is InChI=1S/C24H35N3O3S/c1-6-11-27(5)22(30)13(2)16-9-10-24(4)12-17-19(14(3)18(24)20(16)28)25-23(31-17)26-21(29)15-7-8-15/h6,13-16,18,20,28H,1,7-12H2,2-5H3,(H,25,26,29)/t13-,14+,16+,18+,20-,24+/m0/s1. The van der Waals surface area contributed by atoms with Gasteiger partial charge < -0.3 is 15.3 Å². The fourth-order valence-corrected chi connectivity index (χ4v) is 7.23. The van der Waals surface area contributed by atoms with Crippen LogP contribution in [0.4, 0.5) is 5.13 Å². The van der Waals surface area contributed by atoms with Crippen LogP contribution in [0.3, 0.4) is 0 Å². The smallest absolute Gasteiger partial charge is 0.229 e. The quantitative estimate of drug-likeness (QED) is 0.652. The molecule has 31 heavy (non-hydrogen) atoms. The molecule has 0 unspecified atom stereocenters. The van der Waals surface area contributed by atoms with Gasteiger partial charge >= 0.3 is 0 Å². The lowest BCUT2D eigenvalue weighted by Gasteiger charge is -2.53. The van der Waals surface area contributed by atoms with Crippen molar-refractivity contribution in [2.45, 2.75) is 64.9 Å². The third-order valence-electron chi connectivity index (χ3n) is 7.91. The van der Waals surface area contributed by atoms with Crippen LogP contribution >= 0.6 is 11.3 Å². The van der Waals surface area contributed by atoms with Crippen LogP contribution in [0.1, 0.15) is 62.9 Å². The summed E-state index contributed by atoms with van der Waals surface area (Å²) in [7, 11) is 1.79. The van der Waals surface area contributed by atoms with Gasteiger partial charge in [-0.25, -0.2) is 4.98 Å². The van der Waals surface area contributed by atoms with Crippen molar-refractivity contribution >= 4 is 28.3 Å². The van der Waals surface area contributed by atoms with Gasteiger partial charge in [0.25, 0.3) is 0 Å². The number of fused-ring (bicyclic) bond motifs is 2. The normalized spacial score (nSPS) is 33.1. The summed E-state index contributed by atoms with van der Waals surface area (Å²) in [4.78, 5) is 32.8. The maximum Gasteiger partial charge on any atom is 0.229 e. The van der Waals surface area contributed by atoms with E-state index in [1.54, 1.807) is 29.4 Å². The summed E-state index contributed by atoms with van der Waals surface area (Å²) in [6.07, 6.45) is 5.81. The van der Waals surface area contributed by atoms with Gasteiger partial charge in [0, 0.05) is 36.2 Å². The minimum Gasteiger partial charge on any atom is -0.392 e. The zero-order valence-electron chi connectivity index (χ0n) is 19.1. The SMILES string of the molecule is C=CCN(C)C(=O)[C@@H](C)[C@H]1CC[C@]2(C)Cc3sc(NC(=O)C4CC4)nc3[C@H](C)[C@@H]2[C@H]1O. The Morgan fingerprint density at radius 2 is 2.13 bits per heavy atom. The summed E-state index contributed by atoms with van der Waals surface area (Å²) < 4.78 is 0. The summed E-state index contributed by atoms with van der Waals surface area (Å²) in [6, 6.07) is 0. The maximum absolute atomic E-state index is 12.9. The molecule has 6 atom stereocenters. The highest BCUT2D eigenvalue weighted by Crippen LogP contribution is 2.57. The number of thiazole rings is 1. The van der Waals surface area contributed by atoms with E-state index < -0.39 is 6.10 Å². The van der Waals surface area contributed by atoms with E-state index in [1.165, 1.54) is 4.88 Å². The van der Waals surface area contributed by atoms with Crippen molar-refractivity contribution in [3.05, 3.63) is 23.2 Å². The monoisotopic (exact) mass is 445 g/mol. The minimum absolute atomic E-state index is 0.0254. The number of carbonyl (C=O) groups excluding carboxylic acids is 2. The molecule has 0 aromatic carbocycles. The first-order valence-corrected chi connectivity index (χ1v) is 12.3. The van der Waals surface area contributed by atoms with E-state index in [2.05, 4.69) is 25.7 Å². The molecule has 1 aromatic rings. The summed E-state index contributed by atoms with van der Waals surface area (Å²) in [5.74, 6) is 0.139. The van der Waals surface area contributed by atoms with E-state index in [0.29, 0.717) is 11.7 Å². The summed E-state index contributed by atoms with van der Waals surface area (Å²) in [5, 5.41) is 15.2. The Kier molecular flexibility index (Phi) is 6.03. The minimum atomic E-state index is -0.552. The summed E-state index contributed by atoms with van der Waals surface area (Å²) in [6.45, 7) is 10.6. The zero-order chi connectivity index (χ0) is 22.5. The van der Waals surface area contributed by atoms with Gasteiger partial charge in [-0.2, -0.15) is 0 Å². The third kappa shape index (κ3) is 4.07. The van der Waals surface area contributed by atoms with E-state index in [-0.39, 0.29) is 46.8 Å². The molecule has 3 aliphatic rings. The molecule has 1 aromatic heterocycles. The molecule has 0 spiro atoms. The number of likely N-dealkylation sites (N-methyl/N-ethyl adjacent to an activating group) is 1. The Morgan fingerprint density at radius 3 is 2.77 bits per heavy atom. The highest BCUT2D eigenvalue weighted by Gasteiger charge is 2.54. The van der Waals surface area contributed by atoms with Crippen molar-refractivity contribution in [3.8, 4) is 0 Å². The van der Waals surface area contributed by atoms with Crippen molar-refractivity contribution < 1.29 is 14.7 Å². The van der Waals surface area contributed by atoms with Gasteiger partial charge in [0.05, 0.1) is 11.8 Å². The first-order chi connectivity index (χ1) is 14.7. The second-order valence-electron chi connectivity index (χ2n) is 10.2. The number of aromatic nitrogens is 1. The van der Waals surface area contributed by atoms with Crippen LogP contribution in [-0.2, 0) is 16.0 Å². The van der Waals surface area contributed by atoms with E-state index in [4.69, 9.17) is 4.98 Å². The summed E-state index contributed by atoms with van der Waals surface area (Å²) >= 11 is 1.59. The van der Waals surface area contributed by atoms with Crippen LogP contribution in [-0.4, -0.2) is 46.5 Å². The molecular weight excluding hydrogens is 410 g/mol. The van der Waals surface area contributed by atoms with Crippen LogP contribution in [0.15, 0.2) is 12.7 Å². The molecule has 1 heterocycles. The van der Waals surface area contributed by atoms with E-state index in [1.807, 2.05) is 6.92 Å². The molecule has 0 radical (unpaired) electrons. The van der Waals surface area contributed by atoms with Crippen molar-refractivity contribution in [1.82, 2.24) is 9.88 Å². The van der Waals surface area contributed by atoms with Gasteiger partial charge in [-0.05, 0) is 49.4 Å².